The summed E-state index contributed by atoms with van der Waals surface area (Å²) in [5, 5.41) is 0. The molecule has 0 amide bonds. The molecule has 110 valence electrons. The van der Waals surface area contributed by atoms with E-state index in [-0.39, 0.29) is 11.6 Å². The van der Waals surface area contributed by atoms with E-state index in [2.05, 4.69) is 4.90 Å². The van der Waals surface area contributed by atoms with Crippen molar-refractivity contribution in [3.05, 3.63) is 35.6 Å². The minimum atomic E-state index is -0.460. The first-order valence-electron chi connectivity index (χ1n) is 7.17. The van der Waals surface area contributed by atoms with Gasteiger partial charge in [-0.15, -0.1) is 0 Å². The maximum absolute atomic E-state index is 12.9. The number of morpholine rings is 1. The van der Waals surface area contributed by atoms with Crippen LogP contribution in [-0.2, 0) is 16.0 Å². The third-order valence-electron chi connectivity index (χ3n) is 4.28. The van der Waals surface area contributed by atoms with Crippen molar-refractivity contribution >= 4 is 5.78 Å². The fourth-order valence-corrected chi connectivity index (χ4v) is 2.63. The summed E-state index contributed by atoms with van der Waals surface area (Å²) in [6, 6.07) is 6.17. The van der Waals surface area contributed by atoms with Gasteiger partial charge in [-0.1, -0.05) is 19.1 Å². The van der Waals surface area contributed by atoms with E-state index in [1.165, 1.54) is 12.1 Å². The normalized spacial score (nSPS) is 19.6. The van der Waals surface area contributed by atoms with Gasteiger partial charge in [0.2, 0.25) is 0 Å². The largest absolute Gasteiger partial charge is 0.379 e. The second-order valence-electron chi connectivity index (χ2n) is 5.45. The number of benzene rings is 1. The lowest BCUT2D eigenvalue weighted by atomic mass is 9.87. The number of rotatable bonds is 5. The Balaban J connectivity index is 2.09. The molecule has 1 aromatic rings. The predicted octanol–water partition coefficient (Wildman–Crippen LogP) is 2.44. The molecule has 1 atom stereocenters. The third kappa shape index (κ3) is 3.25. The van der Waals surface area contributed by atoms with Gasteiger partial charge >= 0.3 is 0 Å². The molecule has 1 aliphatic rings. The number of hydrogen-bond donors (Lipinski definition) is 0. The zero-order chi connectivity index (χ0) is 14.6. The number of carbonyl (C=O) groups excluding carboxylic acids is 1. The number of Topliss-reactive ketones (excluding diaryl/α,β-unsaturated/α-hetero) is 1. The monoisotopic (exact) mass is 279 g/mol. The molecule has 0 aromatic heterocycles. The number of carbonyl (C=O) groups is 1. The van der Waals surface area contributed by atoms with Gasteiger partial charge in [0.05, 0.1) is 18.8 Å². The van der Waals surface area contributed by atoms with Crippen molar-refractivity contribution < 1.29 is 13.9 Å². The van der Waals surface area contributed by atoms with E-state index < -0.39 is 5.54 Å². The molecule has 1 unspecified atom stereocenters. The Bertz CT molecular complexity index is 454. The average molecular weight is 279 g/mol. The Kier molecular flexibility index (Phi) is 4.89. The minimum absolute atomic E-state index is 0.188. The molecule has 0 bridgehead atoms. The summed E-state index contributed by atoms with van der Waals surface area (Å²) in [5.41, 5.74) is 0.405. The molecule has 1 saturated heterocycles. The first-order valence-corrected chi connectivity index (χ1v) is 7.17. The van der Waals surface area contributed by atoms with Crippen molar-refractivity contribution in [2.45, 2.75) is 32.2 Å². The van der Waals surface area contributed by atoms with Crippen LogP contribution in [-0.4, -0.2) is 42.5 Å². The van der Waals surface area contributed by atoms with Crippen molar-refractivity contribution in [2.75, 3.05) is 26.3 Å². The quantitative estimate of drug-likeness (QED) is 0.829. The summed E-state index contributed by atoms with van der Waals surface area (Å²) in [6.45, 7) is 6.99. The van der Waals surface area contributed by atoms with Gasteiger partial charge in [0.15, 0.2) is 5.78 Å². The summed E-state index contributed by atoms with van der Waals surface area (Å²) in [7, 11) is 0. The highest BCUT2D eigenvalue weighted by molar-refractivity contribution is 5.89. The van der Waals surface area contributed by atoms with Crippen LogP contribution in [0.2, 0.25) is 0 Å². The lowest BCUT2D eigenvalue weighted by Gasteiger charge is -2.41. The van der Waals surface area contributed by atoms with Crippen LogP contribution in [0.25, 0.3) is 0 Å². The predicted molar refractivity (Wildman–Crippen MR) is 76.2 cm³/mol. The third-order valence-corrected chi connectivity index (χ3v) is 4.28. The Morgan fingerprint density at radius 3 is 2.45 bits per heavy atom. The Labute approximate surface area is 119 Å². The maximum Gasteiger partial charge on any atom is 0.157 e. The zero-order valence-corrected chi connectivity index (χ0v) is 12.2. The standard InChI is InChI=1S/C16H22FNO2/c1-3-16(2,18-8-10-20-11-9-18)15(19)12-13-4-6-14(17)7-5-13/h4-7H,3,8-12H2,1-2H3. The van der Waals surface area contributed by atoms with E-state index in [1.54, 1.807) is 12.1 Å². The molecular formula is C16H22FNO2. The van der Waals surface area contributed by atoms with E-state index in [1.807, 2.05) is 13.8 Å². The van der Waals surface area contributed by atoms with Crippen LogP contribution in [0.4, 0.5) is 4.39 Å². The first-order chi connectivity index (χ1) is 9.56. The number of hydrogen-bond acceptors (Lipinski definition) is 3. The number of nitrogens with zero attached hydrogens (tertiary/aromatic N) is 1. The summed E-state index contributed by atoms with van der Waals surface area (Å²) in [4.78, 5) is 14.9. The van der Waals surface area contributed by atoms with Crippen LogP contribution in [0.5, 0.6) is 0 Å². The second kappa shape index (κ2) is 6.46. The van der Waals surface area contributed by atoms with Crippen molar-refractivity contribution in [1.82, 2.24) is 4.90 Å². The molecular weight excluding hydrogens is 257 g/mol. The van der Waals surface area contributed by atoms with Crippen LogP contribution in [0, 0.1) is 5.82 Å². The molecule has 3 nitrogen and oxygen atoms in total. The SMILES string of the molecule is CCC(C)(C(=O)Cc1ccc(F)cc1)N1CCOCC1. The van der Waals surface area contributed by atoms with E-state index >= 15 is 0 Å². The van der Waals surface area contributed by atoms with Gasteiger partial charge < -0.3 is 4.74 Å². The fourth-order valence-electron chi connectivity index (χ4n) is 2.63. The van der Waals surface area contributed by atoms with Crippen molar-refractivity contribution in [2.24, 2.45) is 0 Å². The molecule has 4 heteroatoms. The Morgan fingerprint density at radius 1 is 1.30 bits per heavy atom. The van der Waals surface area contributed by atoms with Gasteiger partial charge in [-0.05, 0) is 31.0 Å². The topological polar surface area (TPSA) is 29.5 Å². The molecule has 0 N–H and O–H groups in total. The second-order valence-corrected chi connectivity index (χ2v) is 5.45. The van der Waals surface area contributed by atoms with E-state index in [0.29, 0.717) is 19.6 Å². The highest BCUT2D eigenvalue weighted by atomic mass is 19.1. The van der Waals surface area contributed by atoms with Gasteiger partial charge in [0.25, 0.3) is 0 Å². The van der Waals surface area contributed by atoms with E-state index in [0.717, 1.165) is 25.1 Å². The molecule has 1 fully saturated rings. The molecule has 1 aliphatic heterocycles. The van der Waals surface area contributed by atoms with Crippen LogP contribution < -0.4 is 0 Å². The molecule has 2 rings (SSSR count). The van der Waals surface area contributed by atoms with Crippen LogP contribution in [0.1, 0.15) is 25.8 Å². The van der Waals surface area contributed by atoms with Gasteiger partial charge in [0.1, 0.15) is 5.82 Å². The summed E-state index contributed by atoms with van der Waals surface area (Å²) < 4.78 is 18.3. The molecule has 0 aliphatic carbocycles. The summed E-state index contributed by atoms with van der Waals surface area (Å²) in [6.07, 6.45) is 1.12. The molecule has 0 spiro atoms. The Morgan fingerprint density at radius 2 is 1.90 bits per heavy atom. The van der Waals surface area contributed by atoms with Crippen LogP contribution >= 0.6 is 0 Å². The minimum Gasteiger partial charge on any atom is -0.379 e. The summed E-state index contributed by atoms with van der Waals surface area (Å²) in [5.74, 6) is -0.0823. The number of ketones is 1. The maximum atomic E-state index is 12.9. The van der Waals surface area contributed by atoms with Crippen LogP contribution in [0.3, 0.4) is 0 Å². The van der Waals surface area contributed by atoms with E-state index in [9.17, 15) is 9.18 Å². The van der Waals surface area contributed by atoms with Gasteiger partial charge in [-0.3, -0.25) is 9.69 Å². The highest BCUT2D eigenvalue weighted by Crippen LogP contribution is 2.24. The lowest BCUT2D eigenvalue weighted by Crippen LogP contribution is -2.56. The summed E-state index contributed by atoms with van der Waals surface area (Å²) >= 11 is 0. The van der Waals surface area contributed by atoms with Gasteiger partial charge in [-0.25, -0.2) is 4.39 Å². The number of ether oxygens (including phenoxy) is 1. The van der Waals surface area contributed by atoms with Crippen molar-refractivity contribution in [3.63, 3.8) is 0 Å². The molecule has 0 saturated carbocycles. The molecule has 20 heavy (non-hydrogen) atoms. The smallest absolute Gasteiger partial charge is 0.157 e. The fraction of sp³-hybridized carbons (Fsp3) is 0.562. The molecule has 0 radical (unpaired) electrons. The molecule has 1 heterocycles. The highest BCUT2D eigenvalue weighted by Gasteiger charge is 2.37. The zero-order valence-electron chi connectivity index (χ0n) is 12.2. The van der Waals surface area contributed by atoms with Gasteiger partial charge in [-0.2, -0.15) is 0 Å². The lowest BCUT2D eigenvalue weighted by molar-refractivity contribution is -0.133. The Hall–Kier alpha value is -1.26. The molecule has 1 aromatic carbocycles. The van der Waals surface area contributed by atoms with Gasteiger partial charge in [0, 0.05) is 19.5 Å². The van der Waals surface area contributed by atoms with Crippen molar-refractivity contribution in [3.8, 4) is 0 Å². The number of halogens is 1. The first kappa shape index (κ1) is 15.1. The van der Waals surface area contributed by atoms with Crippen molar-refractivity contribution in [1.29, 1.82) is 0 Å². The van der Waals surface area contributed by atoms with E-state index in [4.69, 9.17) is 4.74 Å². The average Bonchev–Trinajstić information content (AvgIpc) is 2.49. The van der Waals surface area contributed by atoms with Crippen LogP contribution in [0.15, 0.2) is 24.3 Å².